The lowest BCUT2D eigenvalue weighted by molar-refractivity contribution is -0.123. The molecule has 0 aliphatic carbocycles. The lowest BCUT2D eigenvalue weighted by Crippen LogP contribution is -2.34. The number of carbonyl (C=O) groups excluding carboxylic acids is 1. The molecule has 1 aromatic heterocycles. The average molecular weight is 441 g/mol. The summed E-state index contributed by atoms with van der Waals surface area (Å²) in [6, 6.07) is 24.5. The lowest BCUT2D eigenvalue weighted by Gasteiger charge is -2.32. The minimum Gasteiger partial charge on any atom is -0.378 e. The Morgan fingerprint density at radius 1 is 0.939 bits per heavy atom. The number of aromatic nitrogens is 1. The standard InChI is InChI=1S/C26H26N4O.C2H6/c27-14-17-9-11-18(12-10-17)15-29-26(31)21-13-25(30-24-8-4-2-5-19(21)24)22-16-28-23-7-3-1-6-20(22)23;1-2/h1-12,16,21,25,28,30H,13-15,27H2,(H,29,31);1-2H3. The van der Waals surface area contributed by atoms with Crippen molar-refractivity contribution in [3.8, 4) is 0 Å². The van der Waals surface area contributed by atoms with Gasteiger partial charge >= 0.3 is 0 Å². The SMILES string of the molecule is CC.NCc1ccc(CNC(=O)C2CC(c3c[nH]c4ccccc34)Nc3ccccc32)cc1. The molecule has 0 spiro atoms. The molecule has 2 heterocycles. The van der Waals surface area contributed by atoms with Gasteiger partial charge in [-0.1, -0.05) is 74.5 Å². The molecule has 0 saturated heterocycles. The zero-order valence-electron chi connectivity index (χ0n) is 19.3. The van der Waals surface area contributed by atoms with Gasteiger partial charge in [-0.25, -0.2) is 0 Å². The molecule has 170 valence electrons. The summed E-state index contributed by atoms with van der Waals surface area (Å²) < 4.78 is 0. The van der Waals surface area contributed by atoms with Crippen LogP contribution in [0.4, 0.5) is 5.69 Å². The highest BCUT2D eigenvalue weighted by Crippen LogP contribution is 2.41. The molecule has 33 heavy (non-hydrogen) atoms. The molecular weight excluding hydrogens is 408 g/mol. The number of fused-ring (bicyclic) bond motifs is 2. The Bertz CT molecular complexity index is 1210. The van der Waals surface area contributed by atoms with E-state index in [-0.39, 0.29) is 17.9 Å². The van der Waals surface area contributed by atoms with Crippen LogP contribution in [0.3, 0.4) is 0 Å². The Labute approximate surface area is 195 Å². The molecule has 1 amide bonds. The molecule has 0 fully saturated rings. The van der Waals surface area contributed by atoms with Crippen LogP contribution in [0.25, 0.3) is 10.9 Å². The van der Waals surface area contributed by atoms with Crippen LogP contribution >= 0.6 is 0 Å². The summed E-state index contributed by atoms with van der Waals surface area (Å²) in [5.41, 5.74) is 12.2. The second-order valence-corrected chi connectivity index (χ2v) is 8.10. The highest BCUT2D eigenvalue weighted by atomic mass is 16.1. The fraction of sp³-hybridized carbons (Fsp3) is 0.250. The van der Waals surface area contributed by atoms with Crippen LogP contribution in [0, 0.1) is 0 Å². The number of nitrogens with one attached hydrogen (secondary N) is 3. The number of anilines is 1. The topological polar surface area (TPSA) is 82.9 Å². The van der Waals surface area contributed by atoms with Crippen LogP contribution < -0.4 is 16.4 Å². The van der Waals surface area contributed by atoms with E-state index in [0.29, 0.717) is 19.5 Å². The van der Waals surface area contributed by atoms with Crippen molar-refractivity contribution in [1.29, 1.82) is 0 Å². The van der Waals surface area contributed by atoms with Crippen molar-refractivity contribution in [3.63, 3.8) is 0 Å². The van der Waals surface area contributed by atoms with E-state index in [1.807, 2.05) is 62.4 Å². The first-order valence-electron chi connectivity index (χ1n) is 11.7. The van der Waals surface area contributed by atoms with E-state index >= 15 is 0 Å². The summed E-state index contributed by atoms with van der Waals surface area (Å²) >= 11 is 0. The summed E-state index contributed by atoms with van der Waals surface area (Å²) in [5, 5.41) is 7.99. The number of H-pyrrole nitrogens is 1. The van der Waals surface area contributed by atoms with Gasteiger partial charge in [0.25, 0.3) is 0 Å². The van der Waals surface area contributed by atoms with E-state index in [4.69, 9.17) is 5.73 Å². The molecule has 5 rings (SSSR count). The van der Waals surface area contributed by atoms with Gasteiger partial charge in [0.05, 0.1) is 12.0 Å². The lowest BCUT2D eigenvalue weighted by atomic mass is 9.83. The second kappa shape index (κ2) is 10.4. The van der Waals surface area contributed by atoms with Crippen LogP contribution in [0.5, 0.6) is 0 Å². The number of carbonyl (C=O) groups is 1. The van der Waals surface area contributed by atoms with Gasteiger partial charge in [0.1, 0.15) is 0 Å². The van der Waals surface area contributed by atoms with Gasteiger partial charge in [-0.2, -0.15) is 0 Å². The van der Waals surface area contributed by atoms with Gasteiger partial charge in [-0.05, 0) is 40.8 Å². The Hall–Kier alpha value is -3.57. The van der Waals surface area contributed by atoms with Crippen molar-refractivity contribution in [3.05, 3.63) is 101 Å². The first-order valence-corrected chi connectivity index (χ1v) is 11.7. The molecule has 3 aromatic carbocycles. The average Bonchev–Trinajstić information content (AvgIpc) is 3.32. The Balaban J connectivity index is 0.00000126. The predicted octanol–water partition coefficient (Wildman–Crippen LogP) is 5.61. The molecule has 0 bridgehead atoms. The summed E-state index contributed by atoms with van der Waals surface area (Å²) in [6.45, 7) is 5.03. The number of hydrogen-bond donors (Lipinski definition) is 4. The van der Waals surface area contributed by atoms with Crippen LogP contribution in [0.2, 0.25) is 0 Å². The van der Waals surface area contributed by atoms with Crippen LogP contribution in [-0.2, 0) is 17.9 Å². The molecule has 5 N–H and O–H groups in total. The van der Waals surface area contributed by atoms with E-state index in [9.17, 15) is 4.79 Å². The van der Waals surface area contributed by atoms with E-state index < -0.39 is 0 Å². The maximum absolute atomic E-state index is 13.3. The summed E-state index contributed by atoms with van der Waals surface area (Å²) in [7, 11) is 0. The van der Waals surface area contributed by atoms with Crippen molar-refractivity contribution in [1.82, 2.24) is 10.3 Å². The summed E-state index contributed by atoms with van der Waals surface area (Å²) in [6.07, 6.45) is 2.76. The monoisotopic (exact) mass is 440 g/mol. The Morgan fingerprint density at radius 2 is 1.64 bits per heavy atom. The zero-order chi connectivity index (χ0) is 23.2. The number of para-hydroxylation sites is 2. The molecule has 1 aliphatic heterocycles. The summed E-state index contributed by atoms with van der Waals surface area (Å²) in [5.74, 6) is -0.152. The van der Waals surface area contributed by atoms with Gasteiger partial charge in [-0.15, -0.1) is 0 Å². The smallest absolute Gasteiger partial charge is 0.227 e. The highest BCUT2D eigenvalue weighted by molar-refractivity contribution is 5.88. The molecule has 5 nitrogen and oxygen atoms in total. The number of benzene rings is 3. The van der Waals surface area contributed by atoms with Crippen molar-refractivity contribution in [2.24, 2.45) is 5.73 Å². The fourth-order valence-corrected chi connectivity index (χ4v) is 4.48. The van der Waals surface area contributed by atoms with Crippen molar-refractivity contribution >= 4 is 22.5 Å². The zero-order valence-corrected chi connectivity index (χ0v) is 19.3. The number of aromatic amines is 1. The van der Waals surface area contributed by atoms with Gasteiger partial charge in [0, 0.05) is 35.9 Å². The number of nitrogens with two attached hydrogens (primary N) is 1. The molecule has 5 heteroatoms. The molecule has 2 unspecified atom stereocenters. The number of hydrogen-bond acceptors (Lipinski definition) is 3. The van der Waals surface area contributed by atoms with Gasteiger partial charge in [0.15, 0.2) is 0 Å². The third-order valence-electron chi connectivity index (χ3n) is 6.18. The van der Waals surface area contributed by atoms with Crippen LogP contribution in [0.1, 0.15) is 54.5 Å². The number of amides is 1. The number of rotatable bonds is 5. The predicted molar refractivity (Wildman–Crippen MR) is 136 cm³/mol. The minimum absolute atomic E-state index is 0.0571. The largest absolute Gasteiger partial charge is 0.378 e. The third kappa shape index (κ3) is 4.78. The van der Waals surface area contributed by atoms with Crippen molar-refractivity contribution in [2.45, 2.75) is 45.3 Å². The van der Waals surface area contributed by atoms with Crippen LogP contribution in [-0.4, -0.2) is 10.9 Å². The summed E-state index contributed by atoms with van der Waals surface area (Å²) in [4.78, 5) is 16.6. The molecule has 4 aromatic rings. The van der Waals surface area contributed by atoms with Crippen molar-refractivity contribution in [2.75, 3.05) is 5.32 Å². The normalized spacial score (nSPS) is 16.8. The first kappa shape index (κ1) is 22.6. The second-order valence-electron chi connectivity index (χ2n) is 8.10. The van der Waals surface area contributed by atoms with Crippen LogP contribution in [0.15, 0.2) is 79.0 Å². The van der Waals surface area contributed by atoms with Gasteiger partial charge in [-0.3, -0.25) is 4.79 Å². The maximum Gasteiger partial charge on any atom is 0.227 e. The Morgan fingerprint density at radius 3 is 2.42 bits per heavy atom. The molecule has 1 aliphatic rings. The van der Waals surface area contributed by atoms with Gasteiger partial charge < -0.3 is 21.4 Å². The minimum atomic E-state index is -0.209. The first-order chi connectivity index (χ1) is 16.2. The quantitative estimate of drug-likeness (QED) is 0.325. The molecule has 2 atom stereocenters. The Kier molecular flexibility index (Phi) is 7.10. The molecule has 0 saturated carbocycles. The van der Waals surface area contributed by atoms with Crippen molar-refractivity contribution < 1.29 is 4.79 Å². The molecule has 0 radical (unpaired) electrons. The third-order valence-corrected chi connectivity index (χ3v) is 6.18. The van der Waals surface area contributed by atoms with E-state index in [2.05, 4.69) is 46.1 Å². The maximum atomic E-state index is 13.3. The fourth-order valence-electron chi connectivity index (χ4n) is 4.48. The molecular formula is C28H32N4O. The van der Waals surface area contributed by atoms with E-state index in [1.165, 1.54) is 10.9 Å². The highest BCUT2D eigenvalue weighted by Gasteiger charge is 2.32. The van der Waals surface area contributed by atoms with E-state index in [1.54, 1.807) is 0 Å². The van der Waals surface area contributed by atoms with Gasteiger partial charge in [0.2, 0.25) is 5.91 Å². The van der Waals surface area contributed by atoms with E-state index in [0.717, 1.165) is 27.9 Å².